The average molecular weight is 175 g/mol. The molecule has 0 spiro atoms. The monoisotopic (exact) mass is 175 g/mol. The molecule has 0 amide bonds. The Hall–Kier alpha value is -0.120. The molecule has 0 fully saturated rings. The SMILES string of the molecule is CC(CO)N(C)CCCCCO. The molecule has 1 unspecified atom stereocenters. The largest absolute Gasteiger partial charge is 0.396 e. The van der Waals surface area contributed by atoms with Gasteiger partial charge in [0.15, 0.2) is 0 Å². The van der Waals surface area contributed by atoms with Crippen LogP contribution in [-0.4, -0.2) is 48.0 Å². The minimum absolute atomic E-state index is 0.219. The van der Waals surface area contributed by atoms with Crippen LogP contribution in [0.3, 0.4) is 0 Å². The molecule has 0 aliphatic rings. The van der Waals surface area contributed by atoms with E-state index in [1.165, 1.54) is 0 Å². The van der Waals surface area contributed by atoms with Crippen molar-refractivity contribution in [1.82, 2.24) is 4.90 Å². The Bertz CT molecular complexity index is 98.5. The summed E-state index contributed by atoms with van der Waals surface area (Å²) in [4.78, 5) is 2.14. The molecule has 0 aromatic heterocycles. The van der Waals surface area contributed by atoms with Gasteiger partial charge in [0.05, 0.1) is 6.61 Å². The van der Waals surface area contributed by atoms with Crippen LogP contribution in [0, 0.1) is 0 Å². The lowest BCUT2D eigenvalue weighted by Crippen LogP contribution is -2.32. The smallest absolute Gasteiger partial charge is 0.0584 e. The highest BCUT2D eigenvalue weighted by molar-refractivity contribution is 4.60. The minimum Gasteiger partial charge on any atom is -0.396 e. The number of hydrogen-bond acceptors (Lipinski definition) is 3. The van der Waals surface area contributed by atoms with Crippen molar-refractivity contribution in [3.8, 4) is 0 Å². The summed E-state index contributed by atoms with van der Waals surface area (Å²) in [5, 5.41) is 17.4. The molecule has 0 aliphatic carbocycles. The predicted molar refractivity (Wildman–Crippen MR) is 50.1 cm³/mol. The first-order valence-electron chi connectivity index (χ1n) is 4.64. The molecule has 0 aromatic carbocycles. The van der Waals surface area contributed by atoms with Crippen molar-refractivity contribution in [3.05, 3.63) is 0 Å². The lowest BCUT2D eigenvalue weighted by atomic mass is 10.2. The van der Waals surface area contributed by atoms with E-state index in [0.29, 0.717) is 6.61 Å². The highest BCUT2D eigenvalue weighted by atomic mass is 16.3. The molecule has 0 rings (SSSR count). The van der Waals surface area contributed by atoms with Crippen molar-refractivity contribution >= 4 is 0 Å². The fraction of sp³-hybridized carbons (Fsp3) is 1.00. The van der Waals surface area contributed by atoms with E-state index in [1.54, 1.807) is 0 Å². The Morgan fingerprint density at radius 3 is 2.33 bits per heavy atom. The number of hydrogen-bond donors (Lipinski definition) is 2. The van der Waals surface area contributed by atoms with E-state index in [0.717, 1.165) is 25.8 Å². The first-order chi connectivity index (χ1) is 5.72. The molecule has 0 saturated heterocycles. The van der Waals surface area contributed by atoms with Crippen molar-refractivity contribution < 1.29 is 10.2 Å². The van der Waals surface area contributed by atoms with Crippen molar-refractivity contribution in [2.75, 3.05) is 26.8 Å². The predicted octanol–water partition coefficient (Wildman–Crippen LogP) is 0.462. The standard InChI is InChI=1S/C9H21NO2/c1-9(8-12)10(2)6-4-3-5-7-11/h9,11-12H,3-8H2,1-2H3. The molecule has 12 heavy (non-hydrogen) atoms. The highest BCUT2D eigenvalue weighted by Gasteiger charge is 2.05. The number of aliphatic hydroxyl groups is 2. The normalized spacial score (nSPS) is 13.8. The molecule has 3 heteroatoms. The third kappa shape index (κ3) is 5.52. The molecule has 0 radical (unpaired) electrons. The average Bonchev–Trinajstić information content (AvgIpc) is 2.10. The van der Waals surface area contributed by atoms with E-state index in [1.807, 2.05) is 14.0 Å². The van der Waals surface area contributed by atoms with Crippen LogP contribution in [0.15, 0.2) is 0 Å². The van der Waals surface area contributed by atoms with Gasteiger partial charge in [-0.15, -0.1) is 0 Å². The highest BCUT2D eigenvalue weighted by Crippen LogP contribution is 2.00. The van der Waals surface area contributed by atoms with Gasteiger partial charge in [-0.2, -0.15) is 0 Å². The Labute approximate surface area is 75.0 Å². The molecule has 0 aliphatic heterocycles. The van der Waals surface area contributed by atoms with Crippen molar-refractivity contribution in [1.29, 1.82) is 0 Å². The van der Waals surface area contributed by atoms with Crippen LogP contribution in [0.25, 0.3) is 0 Å². The van der Waals surface area contributed by atoms with Gasteiger partial charge in [0.25, 0.3) is 0 Å². The number of unbranched alkanes of at least 4 members (excludes halogenated alkanes) is 2. The van der Waals surface area contributed by atoms with Crippen LogP contribution in [0.4, 0.5) is 0 Å². The maximum absolute atomic E-state index is 8.83. The molecule has 3 nitrogen and oxygen atoms in total. The third-order valence-electron chi connectivity index (χ3n) is 2.19. The van der Waals surface area contributed by atoms with Crippen LogP contribution in [-0.2, 0) is 0 Å². The summed E-state index contributed by atoms with van der Waals surface area (Å²) in [6.45, 7) is 3.52. The van der Waals surface area contributed by atoms with E-state index in [-0.39, 0.29) is 12.6 Å². The fourth-order valence-corrected chi connectivity index (χ4v) is 1.01. The zero-order valence-electron chi connectivity index (χ0n) is 8.16. The van der Waals surface area contributed by atoms with Gasteiger partial charge >= 0.3 is 0 Å². The second-order valence-electron chi connectivity index (χ2n) is 3.30. The van der Waals surface area contributed by atoms with E-state index in [2.05, 4.69) is 4.90 Å². The topological polar surface area (TPSA) is 43.7 Å². The van der Waals surface area contributed by atoms with Crippen molar-refractivity contribution in [3.63, 3.8) is 0 Å². The number of likely N-dealkylation sites (N-methyl/N-ethyl adjacent to an activating group) is 1. The summed E-state index contributed by atoms with van der Waals surface area (Å²) in [6.07, 6.45) is 3.06. The van der Waals surface area contributed by atoms with Crippen LogP contribution in [0.5, 0.6) is 0 Å². The van der Waals surface area contributed by atoms with Gasteiger partial charge in [-0.1, -0.05) is 0 Å². The lowest BCUT2D eigenvalue weighted by Gasteiger charge is -2.22. The van der Waals surface area contributed by atoms with E-state index in [9.17, 15) is 0 Å². The molecule has 1 atom stereocenters. The molecule has 0 aromatic rings. The maximum Gasteiger partial charge on any atom is 0.0584 e. The summed E-state index contributed by atoms with van der Waals surface area (Å²) in [5.74, 6) is 0. The van der Waals surface area contributed by atoms with Crippen LogP contribution in [0.2, 0.25) is 0 Å². The number of nitrogens with zero attached hydrogens (tertiary/aromatic N) is 1. The first-order valence-corrected chi connectivity index (χ1v) is 4.64. The van der Waals surface area contributed by atoms with Crippen LogP contribution in [0.1, 0.15) is 26.2 Å². The van der Waals surface area contributed by atoms with E-state index >= 15 is 0 Å². The van der Waals surface area contributed by atoms with Gasteiger partial charge in [0.2, 0.25) is 0 Å². The quantitative estimate of drug-likeness (QED) is 0.553. The zero-order valence-corrected chi connectivity index (χ0v) is 8.16. The lowest BCUT2D eigenvalue weighted by molar-refractivity contribution is 0.156. The second-order valence-corrected chi connectivity index (χ2v) is 3.30. The van der Waals surface area contributed by atoms with E-state index in [4.69, 9.17) is 10.2 Å². The van der Waals surface area contributed by atoms with Crippen LogP contribution < -0.4 is 0 Å². The first kappa shape index (κ1) is 11.9. The molecule has 74 valence electrons. The Balaban J connectivity index is 3.24. The van der Waals surface area contributed by atoms with Crippen molar-refractivity contribution in [2.45, 2.75) is 32.2 Å². The summed E-state index contributed by atoms with van der Waals surface area (Å²) in [7, 11) is 2.01. The Morgan fingerprint density at radius 2 is 1.83 bits per heavy atom. The summed E-state index contributed by atoms with van der Waals surface area (Å²) >= 11 is 0. The van der Waals surface area contributed by atoms with Gasteiger partial charge in [0.1, 0.15) is 0 Å². The van der Waals surface area contributed by atoms with Gasteiger partial charge < -0.3 is 15.1 Å². The fourth-order valence-electron chi connectivity index (χ4n) is 1.01. The van der Waals surface area contributed by atoms with Gasteiger partial charge in [-0.3, -0.25) is 0 Å². The van der Waals surface area contributed by atoms with Gasteiger partial charge in [0, 0.05) is 12.6 Å². The van der Waals surface area contributed by atoms with E-state index < -0.39 is 0 Å². The second kappa shape index (κ2) is 7.53. The van der Waals surface area contributed by atoms with Crippen LogP contribution >= 0.6 is 0 Å². The third-order valence-corrected chi connectivity index (χ3v) is 2.19. The summed E-state index contributed by atoms with van der Waals surface area (Å²) in [5.41, 5.74) is 0. The molecular formula is C9H21NO2. The van der Waals surface area contributed by atoms with Gasteiger partial charge in [-0.25, -0.2) is 0 Å². The Morgan fingerprint density at radius 1 is 1.17 bits per heavy atom. The molecular weight excluding hydrogens is 154 g/mol. The van der Waals surface area contributed by atoms with Crippen molar-refractivity contribution in [2.24, 2.45) is 0 Å². The molecule has 2 N–H and O–H groups in total. The molecule has 0 heterocycles. The maximum atomic E-state index is 8.83. The summed E-state index contributed by atoms with van der Waals surface area (Å²) < 4.78 is 0. The minimum atomic E-state index is 0.219. The number of rotatable bonds is 7. The number of aliphatic hydroxyl groups excluding tert-OH is 2. The van der Waals surface area contributed by atoms with Gasteiger partial charge in [-0.05, 0) is 39.8 Å². The summed E-state index contributed by atoms with van der Waals surface area (Å²) in [6, 6.07) is 0.249. The Kier molecular flexibility index (Phi) is 7.45. The zero-order chi connectivity index (χ0) is 9.40. The molecule has 0 bridgehead atoms. The molecule has 0 saturated carbocycles.